The summed E-state index contributed by atoms with van der Waals surface area (Å²) in [5.74, 6) is 0.0222. The van der Waals surface area contributed by atoms with Crippen LogP contribution in [0, 0.1) is 0 Å². The molecule has 1 unspecified atom stereocenters. The van der Waals surface area contributed by atoms with E-state index in [9.17, 15) is 4.79 Å². The van der Waals surface area contributed by atoms with E-state index in [1.54, 1.807) is 14.2 Å². The van der Waals surface area contributed by atoms with Gasteiger partial charge in [-0.15, -0.1) is 0 Å². The lowest BCUT2D eigenvalue weighted by Gasteiger charge is -2.13. The summed E-state index contributed by atoms with van der Waals surface area (Å²) in [4.78, 5) is 10.9. The lowest BCUT2D eigenvalue weighted by molar-refractivity contribution is -0.139. The lowest BCUT2D eigenvalue weighted by Crippen LogP contribution is -2.35. The van der Waals surface area contributed by atoms with Gasteiger partial charge in [0.25, 0.3) is 0 Å². The van der Waals surface area contributed by atoms with Crippen LogP contribution in [0.15, 0.2) is 18.2 Å². The minimum absolute atomic E-state index is 0.475. The monoisotopic (exact) mass is 237 g/mol. The SMILES string of the molecule is CCc1cc(CC(NC)C(=O)O)ccc1OC. The van der Waals surface area contributed by atoms with Gasteiger partial charge in [0, 0.05) is 0 Å². The summed E-state index contributed by atoms with van der Waals surface area (Å²) in [7, 11) is 3.30. The van der Waals surface area contributed by atoms with Crippen molar-refractivity contribution in [3.05, 3.63) is 29.3 Å². The molecule has 0 fully saturated rings. The number of ether oxygens (including phenoxy) is 1. The second-order valence-corrected chi connectivity index (χ2v) is 3.88. The average molecular weight is 237 g/mol. The Bertz CT molecular complexity index is 390. The van der Waals surface area contributed by atoms with Crippen LogP contribution in [-0.2, 0) is 17.6 Å². The third-order valence-electron chi connectivity index (χ3n) is 2.81. The maximum Gasteiger partial charge on any atom is 0.321 e. The van der Waals surface area contributed by atoms with Crippen molar-refractivity contribution in [3.8, 4) is 5.75 Å². The summed E-state index contributed by atoms with van der Waals surface area (Å²) in [5, 5.41) is 11.8. The molecule has 4 nitrogen and oxygen atoms in total. The standard InChI is InChI=1S/C13H19NO3/c1-4-10-7-9(5-6-12(10)17-3)8-11(14-2)13(15)16/h5-7,11,14H,4,8H2,1-3H3,(H,15,16). The molecule has 94 valence electrons. The summed E-state index contributed by atoms with van der Waals surface area (Å²) in [6, 6.07) is 5.26. The molecule has 0 spiro atoms. The third-order valence-corrected chi connectivity index (χ3v) is 2.81. The molecule has 0 aliphatic heterocycles. The number of rotatable bonds is 6. The third kappa shape index (κ3) is 3.46. The molecule has 0 heterocycles. The Morgan fingerprint density at radius 1 is 1.53 bits per heavy atom. The van der Waals surface area contributed by atoms with E-state index in [1.807, 2.05) is 25.1 Å². The minimum atomic E-state index is -0.832. The van der Waals surface area contributed by atoms with Crippen LogP contribution >= 0.6 is 0 Å². The molecule has 2 N–H and O–H groups in total. The van der Waals surface area contributed by atoms with Gasteiger partial charge in [-0.2, -0.15) is 0 Å². The van der Waals surface area contributed by atoms with E-state index in [0.29, 0.717) is 6.42 Å². The van der Waals surface area contributed by atoms with Crippen molar-refractivity contribution in [2.45, 2.75) is 25.8 Å². The molecular weight excluding hydrogens is 218 g/mol. The Morgan fingerprint density at radius 2 is 2.24 bits per heavy atom. The quantitative estimate of drug-likeness (QED) is 0.786. The molecule has 1 rings (SSSR count). The maximum atomic E-state index is 10.9. The fourth-order valence-electron chi connectivity index (χ4n) is 1.78. The van der Waals surface area contributed by atoms with Crippen molar-refractivity contribution >= 4 is 5.97 Å². The topological polar surface area (TPSA) is 58.6 Å². The Labute approximate surface area is 102 Å². The van der Waals surface area contributed by atoms with Gasteiger partial charge in [0.05, 0.1) is 7.11 Å². The number of carboxylic acid groups (broad SMARTS) is 1. The van der Waals surface area contributed by atoms with Crippen molar-refractivity contribution in [3.63, 3.8) is 0 Å². The molecule has 0 amide bonds. The molecule has 17 heavy (non-hydrogen) atoms. The molecule has 0 aliphatic carbocycles. The maximum absolute atomic E-state index is 10.9. The number of aryl methyl sites for hydroxylation is 1. The van der Waals surface area contributed by atoms with Crippen LogP contribution in [0.5, 0.6) is 5.75 Å². The number of nitrogens with one attached hydrogen (secondary N) is 1. The molecule has 1 atom stereocenters. The number of methoxy groups -OCH3 is 1. The van der Waals surface area contributed by atoms with Crippen molar-refractivity contribution in [1.29, 1.82) is 0 Å². The summed E-state index contributed by atoms with van der Waals surface area (Å²) in [5.41, 5.74) is 2.11. The first-order valence-corrected chi connectivity index (χ1v) is 5.68. The number of carboxylic acids is 1. The first-order chi connectivity index (χ1) is 8.12. The Morgan fingerprint density at radius 3 is 2.71 bits per heavy atom. The molecule has 0 saturated carbocycles. The van der Waals surface area contributed by atoms with E-state index in [0.717, 1.165) is 23.3 Å². The summed E-state index contributed by atoms with van der Waals surface area (Å²) < 4.78 is 5.24. The molecule has 0 bridgehead atoms. The van der Waals surface area contributed by atoms with Crippen LogP contribution in [0.1, 0.15) is 18.1 Å². The van der Waals surface area contributed by atoms with Gasteiger partial charge in [-0.05, 0) is 37.1 Å². The molecule has 1 aromatic rings. The predicted molar refractivity (Wildman–Crippen MR) is 66.6 cm³/mol. The highest BCUT2D eigenvalue weighted by Crippen LogP contribution is 2.21. The fourth-order valence-corrected chi connectivity index (χ4v) is 1.78. The predicted octanol–water partition coefficient (Wildman–Crippen LogP) is 1.47. The first-order valence-electron chi connectivity index (χ1n) is 5.68. The van der Waals surface area contributed by atoms with E-state index in [1.165, 1.54) is 0 Å². The molecule has 1 aromatic carbocycles. The summed E-state index contributed by atoms with van der Waals surface area (Å²) in [6.45, 7) is 2.05. The Hall–Kier alpha value is -1.55. The van der Waals surface area contributed by atoms with E-state index < -0.39 is 12.0 Å². The average Bonchev–Trinajstić information content (AvgIpc) is 2.35. The first kappa shape index (κ1) is 13.5. The fraction of sp³-hybridized carbons (Fsp3) is 0.462. The van der Waals surface area contributed by atoms with E-state index in [-0.39, 0.29) is 0 Å². The van der Waals surface area contributed by atoms with Crippen LogP contribution < -0.4 is 10.1 Å². The van der Waals surface area contributed by atoms with Gasteiger partial charge in [-0.1, -0.05) is 19.1 Å². The normalized spacial score (nSPS) is 12.2. The second kappa shape index (κ2) is 6.25. The highest BCUT2D eigenvalue weighted by atomic mass is 16.5. The summed E-state index contributed by atoms with van der Waals surface area (Å²) in [6.07, 6.45) is 1.34. The van der Waals surface area contributed by atoms with Gasteiger partial charge in [0.1, 0.15) is 11.8 Å². The number of benzene rings is 1. The number of carbonyl (C=O) groups is 1. The van der Waals surface area contributed by atoms with Crippen molar-refractivity contribution in [1.82, 2.24) is 5.32 Å². The van der Waals surface area contributed by atoms with Gasteiger partial charge in [0.15, 0.2) is 0 Å². The van der Waals surface area contributed by atoms with Crippen LogP contribution in [0.3, 0.4) is 0 Å². The molecule has 0 radical (unpaired) electrons. The van der Waals surface area contributed by atoms with Crippen molar-refractivity contribution in [2.75, 3.05) is 14.2 Å². The smallest absolute Gasteiger partial charge is 0.321 e. The number of likely N-dealkylation sites (N-methyl/N-ethyl adjacent to an activating group) is 1. The zero-order valence-electron chi connectivity index (χ0n) is 10.5. The van der Waals surface area contributed by atoms with Gasteiger partial charge in [-0.25, -0.2) is 0 Å². The van der Waals surface area contributed by atoms with Crippen LogP contribution in [0.4, 0.5) is 0 Å². The molecule has 0 saturated heterocycles. The van der Waals surface area contributed by atoms with Crippen LogP contribution in [0.25, 0.3) is 0 Å². The number of hydrogen-bond donors (Lipinski definition) is 2. The van der Waals surface area contributed by atoms with Crippen LogP contribution in [0.2, 0.25) is 0 Å². The van der Waals surface area contributed by atoms with E-state index in [2.05, 4.69) is 5.32 Å². The molecule has 0 aromatic heterocycles. The van der Waals surface area contributed by atoms with E-state index in [4.69, 9.17) is 9.84 Å². The van der Waals surface area contributed by atoms with Crippen molar-refractivity contribution < 1.29 is 14.6 Å². The Balaban J connectivity index is 2.88. The Kier molecular flexibility index (Phi) is 4.97. The lowest BCUT2D eigenvalue weighted by atomic mass is 10.0. The summed E-state index contributed by atoms with van der Waals surface area (Å²) >= 11 is 0. The van der Waals surface area contributed by atoms with Crippen molar-refractivity contribution in [2.24, 2.45) is 0 Å². The van der Waals surface area contributed by atoms with Gasteiger partial charge < -0.3 is 15.2 Å². The molecule has 4 heteroatoms. The molecule has 0 aliphatic rings. The van der Waals surface area contributed by atoms with Gasteiger partial charge in [-0.3, -0.25) is 4.79 Å². The van der Waals surface area contributed by atoms with Gasteiger partial charge >= 0.3 is 5.97 Å². The largest absolute Gasteiger partial charge is 0.496 e. The number of aliphatic carboxylic acids is 1. The van der Waals surface area contributed by atoms with E-state index >= 15 is 0 Å². The van der Waals surface area contributed by atoms with Gasteiger partial charge in [0.2, 0.25) is 0 Å². The highest BCUT2D eigenvalue weighted by molar-refractivity contribution is 5.73. The number of hydrogen-bond acceptors (Lipinski definition) is 3. The second-order valence-electron chi connectivity index (χ2n) is 3.88. The zero-order valence-corrected chi connectivity index (χ0v) is 10.5. The molecular formula is C13H19NO3. The minimum Gasteiger partial charge on any atom is -0.496 e. The van der Waals surface area contributed by atoms with Crippen LogP contribution in [-0.4, -0.2) is 31.3 Å². The zero-order chi connectivity index (χ0) is 12.8. The highest BCUT2D eigenvalue weighted by Gasteiger charge is 2.15.